The maximum absolute atomic E-state index is 13.9. The predicted octanol–water partition coefficient (Wildman–Crippen LogP) is 3.52. The summed E-state index contributed by atoms with van der Waals surface area (Å²) in [6.07, 6.45) is 1.14. The Balaban J connectivity index is 1.57. The number of amides is 3. The number of methoxy groups -OCH3 is 2. The number of esters is 1. The molecule has 4 rings (SSSR count). The van der Waals surface area contributed by atoms with Gasteiger partial charge in [-0.1, -0.05) is 42.5 Å². The fraction of sp³-hybridized carbons (Fsp3) is 0.324. The molecule has 12 nitrogen and oxygen atoms in total. The van der Waals surface area contributed by atoms with Crippen molar-refractivity contribution >= 4 is 35.0 Å². The summed E-state index contributed by atoms with van der Waals surface area (Å²) in [6.45, 7) is 2.60. The van der Waals surface area contributed by atoms with Gasteiger partial charge in [-0.15, -0.1) is 11.3 Å². The minimum Gasteiger partial charge on any atom is -0.497 e. The molecule has 3 amide bonds. The number of hydrogen-bond acceptors (Lipinski definition) is 10. The monoisotopic (exact) mass is 701 g/mol. The largest absolute Gasteiger partial charge is 0.497 e. The van der Waals surface area contributed by atoms with Crippen LogP contribution in [-0.2, 0) is 29.0 Å². The molecule has 264 valence electrons. The summed E-state index contributed by atoms with van der Waals surface area (Å²) in [7, 11) is 4.37. The van der Waals surface area contributed by atoms with Crippen LogP contribution in [0.2, 0.25) is 0 Å². The highest BCUT2D eigenvalue weighted by Crippen LogP contribution is 2.18. The van der Waals surface area contributed by atoms with Crippen LogP contribution in [0.1, 0.15) is 59.3 Å². The summed E-state index contributed by atoms with van der Waals surface area (Å²) < 4.78 is 9.99. The number of thiazole rings is 1. The Hall–Kier alpha value is -5.11. The van der Waals surface area contributed by atoms with Gasteiger partial charge in [0.05, 0.1) is 27.4 Å². The van der Waals surface area contributed by atoms with Gasteiger partial charge in [0.25, 0.3) is 17.7 Å². The summed E-state index contributed by atoms with van der Waals surface area (Å²) in [4.78, 5) is 58.8. The molecule has 13 heteroatoms. The number of carbonyl (C=O) groups excluding carboxylic acids is 4. The van der Waals surface area contributed by atoms with Crippen molar-refractivity contribution in [2.24, 2.45) is 0 Å². The lowest BCUT2D eigenvalue weighted by atomic mass is 10.0. The maximum Gasteiger partial charge on any atom is 0.330 e. The molecule has 0 saturated heterocycles. The van der Waals surface area contributed by atoms with Gasteiger partial charge in [0.1, 0.15) is 10.8 Å². The molecular formula is C37H43N5O7S. The lowest BCUT2D eigenvalue weighted by molar-refractivity contribution is -0.143. The van der Waals surface area contributed by atoms with Gasteiger partial charge in [0.15, 0.2) is 6.04 Å². The van der Waals surface area contributed by atoms with Gasteiger partial charge in [-0.05, 0) is 67.8 Å². The van der Waals surface area contributed by atoms with E-state index in [0.29, 0.717) is 25.9 Å². The normalized spacial score (nSPS) is 12.0. The number of aliphatic hydroxyl groups excluding tert-OH is 1. The Kier molecular flexibility index (Phi) is 14.0. The first-order valence-corrected chi connectivity index (χ1v) is 17.0. The molecule has 0 aliphatic heterocycles. The predicted molar refractivity (Wildman–Crippen MR) is 190 cm³/mol. The Morgan fingerprint density at radius 3 is 2.22 bits per heavy atom. The Labute approximate surface area is 295 Å². The number of hydrogen-bond donors (Lipinski definition) is 4. The molecule has 0 bridgehead atoms. The number of benzene rings is 3. The summed E-state index contributed by atoms with van der Waals surface area (Å²) in [5.74, 6) is -1.75. The molecular weight excluding hydrogens is 659 g/mol. The zero-order chi connectivity index (χ0) is 36.0. The molecule has 4 N–H and O–H groups in total. The van der Waals surface area contributed by atoms with Gasteiger partial charge >= 0.3 is 5.97 Å². The Morgan fingerprint density at radius 1 is 0.900 bits per heavy atom. The number of aryl methyl sites for hydroxylation is 1. The fourth-order valence-corrected chi connectivity index (χ4v) is 6.05. The first kappa shape index (κ1) is 37.7. The number of ether oxygens (including phenoxy) is 2. The van der Waals surface area contributed by atoms with Crippen LogP contribution in [-0.4, -0.2) is 85.2 Å². The zero-order valence-electron chi connectivity index (χ0n) is 28.6. The van der Waals surface area contributed by atoms with E-state index < -0.39 is 36.3 Å². The minimum absolute atomic E-state index is 0.0404. The number of aromatic nitrogens is 1. The molecule has 0 radical (unpaired) electrons. The van der Waals surface area contributed by atoms with Crippen LogP contribution in [0.3, 0.4) is 0 Å². The van der Waals surface area contributed by atoms with Crippen molar-refractivity contribution in [2.75, 3.05) is 34.4 Å². The zero-order valence-corrected chi connectivity index (χ0v) is 29.4. The van der Waals surface area contributed by atoms with E-state index in [9.17, 15) is 24.3 Å². The highest BCUT2D eigenvalue weighted by molar-refractivity contribution is 7.09. The lowest BCUT2D eigenvalue weighted by Crippen LogP contribution is -2.44. The number of nitrogens with one attached hydrogen (secondary N) is 3. The number of aliphatic hydroxyl groups is 1. The van der Waals surface area contributed by atoms with E-state index in [1.807, 2.05) is 66.9 Å². The molecule has 1 heterocycles. The molecule has 0 aliphatic rings. The third-order valence-corrected chi connectivity index (χ3v) is 8.81. The van der Waals surface area contributed by atoms with E-state index in [1.165, 1.54) is 34.4 Å². The first-order chi connectivity index (χ1) is 24.1. The number of rotatable bonds is 17. The highest BCUT2D eigenvalue weighted by atomic mass is 32.1. The van der Waals surface area contributed by atoms with Crippen molar-refractivity contribution in [3.63, 3.8) is 0 Å². The van der Waals surface area contributed by atoms with E-state index in [2.05, 4.69) is 25.7 Å². The SMILES string of the molecule is COC(=O)[C@H](CO)NC(=O)c1cc(C(=O)N[C@H](CCNCc2cccc(OC)c2)Cc2ccccc2)cc(C(=O)N(C)Cc2nc(C)cs2)c1. The first-order valence-electron chi connectivity index (χ1n) is 16.1. The summed E-state index contributed by atoms with van der Waals surface area (Å²) in [6, 6.07) is 20.1. The molecule has 0 spiro atoms. The molecule has 1 aromatic heterocycles. The van der Waals surface area contributed by atoms with Gasteiger partial charge in [-0.3, -0.25) is 14.4 Å². The topological polar surface area (TPSA) is 159 Å². The van der Waals surface area contributed by atoms with Gasteiger partial charge < -0.3 is 35.4 Å². The van der Waals surface area contributed by atoms with Crippen LogP contribution >= 0.6 is 11.3 Å². The molecule has 0 aliphatic carbocycles. The second kappa shape index (κ2) is 18.6. The maximum atomic E-state index is 13.9. The van der Waals surface area contributed by atoms with Crippen LogP contribution in [0, 0.1) is 6.92 Å². The van der Waals surface area contributed by atoms with Crippen molar-refractivity contribution in [1.82, 2.24) is 25.8 Å². The van der Waals surface area contributed by atoms with Crippen molar-refractivity contribution in [2.45, 2.75) is 44.9 Å². The van der Waals surface area contributed by atoms with Gasteiger partial charge in [-0.25, -0.2) is 9.78 Å². The number of nitrogens with zero attached hydrogens (tertiary/aromatic N) is 2. The molecule has 0 unspecified atom stereocenters. The summed E-state index contributed by atoms with van der Waals surface area (Å²) in [5.41, 5.74) is 3.07. The van der Waals surface area contributed by atoms with E-state index in [1.54, 1.807) is 14.2 Å². The van der Waals surface area contributed by atoms with Crippen molar-refractivity contribution < 1.29 is 33.8 Å². The van der Waals surface area contributed by atoms with Crippen LogP contribution in [0.25, 0.3) is 0 Å². The standard InChI is InChI=1S/C37H43N5O7S/c1-24-23-50-33(39-24)21-42(2)36(46)29-18-27(17-28(19-29)35(45)41-32(22-43)37(47)49-4)34(44)40-30(15-25-9-6-5-7-10-25)13-14-38-20-26-11-8-12-31(16-26)48-3/h5-12,16-19,23,30,32,38,43H,13-15,20-22H2,1-4H3,(H,40,44)(H,41,45)/t30-,32+/m1/s1. The van der Waals surface area contributed by atoms with Crippen LogP contribution in [0.5, 0.6) is 5.75 Å². The van der Waals surface area contributed by atoms with Crippen LogP contribution in [0.4, 0.5) is 0 Å². The van der Waals surface area contributed by atoms with Crippen molar-refractivity contribution in [3.05, 3.63) is 117 Å². The van der Waals surface area contributed by atoms with Crippen molar-refractivity contribution in [3.8, 4) is 5.75 Å². The number of carbonyl (C=O) groups is 4. The van der Waals surface area contributed by atoms with E-state index in [4.69, 9.17) is 4.74 Å². The molecule has 0 saturated carbocycles. The molecule has 4 aromatic rings. The lowest BCUT2D eigenvalue weighted by Gasteiger charge is -2.21. The smallest absolute Gasteiger partial charge is 0.330 e. The average molecular weight is 702 g/mol. The highest BCUT2D eigenvalue weighted by Gasteiger charge is 2.25. The quantitative estimate of drug-likeness (QED) is 0.0955. The Bertz CT molecular complexity index is 1760. The van der Waals surface area contributed by atoms with Gasteiger partial charge in [0.2, 0.25) is 0 Å². The summed E-state index contributed by atoms with van der Waals surface area (Å²) >= 11 is 1.42. The molecule has 0 fully saturated rings. The third-order valence-electron chi connectivity index (χ3n) is 7.86. The Morgan fingerprint density at radius 2 is 1.58 bits per heavy atom. The second-order valence-electron chi connectivity index (χ2n) is 11.8. The summed E-state index contributed by atoms with van der Waals surface area (Å²) in [5, 5.41) is 21.2. The molecule has 50 heavy (non-hydrogen) atoms. The minimum atomic E-state index is -1.33. The van der Waals surface area contributed by atoms with E-state index in [0.717, 1.165) is 34.7 Å². The van der Waals surface area contributed by atoms with Crippen LogP contribution < -0.4 is 20.7 Å². The van der Waals surface area contributed by atoms with Gasteiger partial charge in [-0.2, -0.15) is 0 Å². The van der Waals surface area contributed by atoms with Crippen LogP contribution in [0.15, 0.2) is 78.2 Å². The van der Waals surface area contributed by atoms with E-state index >= 15 is 0 Å². The van der Waals surface area contributed by atoms with E-state index in [-0.39, 0.29) is 29.3 Å². The fourth-order valence-electron chi connectivity index (χ4n) is 5.23. The average Bonchev–Trinajstić information content (AvgIpc) is 3.55. The second-order valence-corrected chi connectivity index (χ2v) is 12.7. The molecule has 3 aromatic carbocycles. The van der Waals surface area contributed by atoms with Gasteiger partial charge in [0, 0.05) is 47.4 Å². The molecule has 2 atom stereocenters. The third kappa shape index (κ3) is 11.0. The van der Waals surface area contributed by atoms with Crippen molar-refractivity contribution in [1.29, 1.82) is 0 Å².